The molecular weight excluding hydrogens is 432 g/mol. The van der Waals surface area contributed by atoms with Crippen LogP contribution in [-0.4, -0.2) is 67.2 Å². The number of hydrogen-bond acceptors (Lipinski definition) is 8. The average Bonchev–Trinajstić information content (AvgIpc) is 3.15. The summed E-state index contributed by atoms with van der Waals surface area (Å²) in [6, 6.07) is 6.95. The Bertz CT molecular complexity index is 1160. The largest absolute Gasteiger partial charge is 0.480 e. The predicted octanol–water partition coefficient (Wildman–Crippen LogP) is 2.88. The summed E-state index contributed by atoms with van der Waals surface area (Å²) in [7, 11) is 3.10. The zero-order valence-corrected chi connectivity index (χ0v) is 19.0. The summed E-state index contributed by atoms with van der Waals surface area (Å²) in [6.07, 6.45) is 0. The number of thiophene rings is 1. The molecule has 0 unspecified atom stereocenters. The Balaban J connectivity index is 1.59. The van der Waals surface area contributed by atoms with Crippen molar-refractivity contribution < 1.29 is 23.8 Å². The smallest absolute Gasteiger partial charge is 0.266 e. The molecule has 10 heteroatoms. The fraction of sp³-hybridized carbons (Fsp3) is 0.364. The van der Waals surface area contributed by atoms with Crippen molar-refractivity contribution in [3.8, 4) is 5.88 Å². The number of carbonyl (C=O) groups excluding carboxylic acids is 2. The molecule has 0 bridgehead atoms. The van der Waals surface area contributed by atoms with E-state index in [1.807, 2.05) is 6.92 Å². The van der Waals surface area contributed by atoms with Crippen molar-refractivity contribution in [3.05, 3.63) is 46.1 Å². The van der Waals surface area contributed by atoms with Crippen LogP contribution >= 0.6 is 11.3 Å². The van der Waals surface area contributed by atoms with Crippen LogP contribution in [0, 0.1) is 6.92 Å². The molecule has 3 aromatic rings. The zero-order chi connectivity index (χ0) is 22.7. The predicted molar refractivity (Wildman–Crippen MR) is 121 cm³/mol. The molecule has 9 nitrogen and oxygen atoms in total. The van der Waals surface area contributed by atoms with Crippen molar-refractivity contribution >= 4 is 39.1 Å². The summed E-state index contributed by atoms with van der Waals surface area (Å²) >= 11 is 1.27. The van der Waals surface area contributed by atoms with E-state index in [1.54, 1.807) is 36.3 Å². The maximum Gasteiger partial charge on any atom is 0.266 e. The number of nitrogens with one attached hydrogen (secondary N) is 1. The van der Waals surface area contributed by atoms with E-state index in [9.17, 15) is 9.59 Å². The Morgan fingerprint density at radius 3 is 2.72 bits per heavy atom. The van der Waals surface area contributed by atoms with E-state index in [-0.39, 0.29) is 18.4 Å². The molecule has 0 atom stereocenters. The second-order valence-corrected chi connectivity index (χ2v) is 8.26. The molecule has 0 aliphatic carbocycles. The molecule has 4 rings (SSSR count). The molecule has 0 radical (unpaired) electrons. The van der Waals surface area contributed by atoms with E-state index in [0.29, 0.717) is 64.4 Å². The SMILES string of the molecule is COCc1nc(OC)c2c(C)c(C(=O)Nc3cccc(C(=O)N4CCOCC4)c3)sc2n1. The molecule has 3 heterocycles. The number of aryl methyl sites for hydroxylation is 1. The minimum atomic E-state index is -0.281. The van der Waals surface area contributed by atoms with Gasteiger partial charge >= 0.3 is 0 Å². The molecule has 1 aliphatic heterocycles. The normalized spacial score (nSPS) is 13.9. The Morgan fingerprint density at radius 1 is 1.22 bits per heavy atom. The number of aromatic nitrogens is 2. The number of methoxy groups -OCH3 is 2. The number of morpholine rings is 1. The van der Waals surface area contributed by atoms with Crippen molar-refractivity contribution in [2.45, 2.75) is 13.5 Å². The van der Waals surface area contributed by atoms with Crippen molar-refractivity contribution in [3.63, 3.8) is 0 Å². The molecule has 0 saturated carbocycles. The van der Waals surface area contributed by atoms with Crippen molar-refractivity contribution in [2.24, 2.45) is 0 Å². The number of amides is 2. The molecular formula is C22H24N4O5S. The first-order chi connectivity index (χ1) is 15.5. The van der Waals surface area contributed by atoms with Gasteiger partial charge in [0.25, 0.3) is 11.8 Å². The van der Waals surface area contributed by atoms with Crippen LogP contribution in [-0.2, 0) is 16.1 Å². The van der Waals surface area contributed by atoms with Crippen LogP contribution in [0.5, 0.6) is 5.88 Å². The summed E-state index contributed by atoms with van der Waals surface area (Å²) in [5.41, 5.74) is 1.81. The maximum atomic E-state index is 13.1. The van der Waals surface area contributed by atoms with Crippen molar-refractivity contribution in [1.82, 2.24) is 14.9 Å². The summed E-state index contributed by atoms with van der Waals surface area (Å²) in [5, 5.41) is 3.60. The first kappa shape index (κ1) is 22.1. The van der Waals surface area contributed by atoms with Gasteiger partial charge in [-0.2, -0.15) is 4.98 Å². The highest BCUT2D eigenvalue weighted by atomic mass is 32.1. The lowest BCUT2D eigenvalue weighted by molar-refractivity contribution is 0.0303. The number of carbonyl (C=O) groups is 2. The van der Waals surface area contributed by atoms with E-state index in [2.05, 4.69) is 15.3 Å². The van der Waals surface area contributed by atoms with Gasteiger partial charge in [-0.25, -0.2) is 4.98 Å². The molecule has 1 aliphatic rings. The number of ether oxygens (including phenoxy) is 3. The third kappa shape index (κ3) is 4.43. The Labute approximate surface area is 189 Å². The van der Waals surface area contributed by atoms with Crippen LogP contribution in [0.1, 0.15) is 31.4 Å². The minimum Gasteiger partial charge on any atom is -0.480 e. The van der Waals surface area contributed by atoms with Gasteiger partial charge in [-0.1, -0.05) is 6.07 Å². The molecule has 1 aromatic carbocycles. The third-order valence-electron chi connectivity index (χ3n) is 5.14. The number of fused-ring (bicyclic) bond motifs is 1. The van der Waals surface area contributed by atoms with Gasteiger partial charge in [-0.05, 0) is 30.7 Å². The van der Waals surface area contributed by atoms with Gasteiger partial charge < -0.3 is 24.4 Å². The van der Waals surface area contributed by atoms with Gasteiger partial charge in [0.05, 0.1) is 30.6 Å². The number of hydrogen-bond donors (Lipinski definition) is 1. The lowest BCUT2D eigenvalue weighted by atomic mass is 10.1. The van der Waals surface area contributed by atoms with Crippen LogP contribution in [0.3, 0.4) is 0 Å². The van der Waals surface area contributed by atoms with Gasteiger partial charge in [0.2, 0.25) is 5.88 Å². The van der Waals surface area contributed by atoms with Gasteiger partial charge in [0.1, 0.15) is 11.4 Å². The number of rotatable bonds is 6. The number of benzene rings is 1. The van der Waals surface area contributed by atoms with E-state index < -0.39 is 0 Å². The lowest BCUT2D eigenvalue weighted by Crippen LogP contribution is -2.40. The Hall–Kier alpha value is -3.08. The summed E-state index contributed by atoms with van der Waals surface area (Å²) in [5.74, 6) is 0.539. The third-order valence-corrected chi connectivity index (χ3v) is 6.33. The van der Waals surface area contributed by atoms with Crippen molar-refractivity contribution in [1.29, 1.82) is 0 Å². The molecule has 168 valence electrons. The van der Waals surface area contributed by atoms with Crippen LogP contribution in [0.2, 0.25) is 0 Å². The highest BCUT2D eigenvalue weighted by molar-refractivity contribution is 7.20. The molecule has 0 spiro atoms. The fourth-order valence-electron chi connectivity index (χ4n) is 3.57. The first-order valence-corrected chi connectivity index (χ1v) is 10.9. The second kappa shape index (κ2) is 9.60. The Morgan fingerprint density at radius 2 is 2.00 bits per heavy atom. The zero-order valence-electron chi connectivity index (χ0n) is 18.1. The topological polar surface area (TPSA) is 103 Å². The monoisotopic (exact) mass is 456 g/mol. The standard InChI is InChI=1S/C22H24N4O5S/c1-13-17-20(30-3)24-16(12-29-2)25-21(17)32-18(13)19(27)23-15-6-4-5-14(11-15)22(28)26-7-9-31-10-8-26/h4-6,11H,7-10,12H2,1-3H3,(H,23,27). The maximum absolute atomic E-state index is 13.1. The summed E-state index contributed by atoms with van der Waals surface area (Å²) < 4.78 is 15.9. The highest BCUT2D eigenvalue weighted by Gasteiger charge is 2.22. The number of anilines is 1. The molecule has 1 N–H and O–H groups in total. The fourth-order valence-corrected chi connectivity index (χ4v) is 4.65. The minimum absolute atomic E-state index is 0.0758. The lowest BCUT2D eigenvalue weighted by Gasteiger charge is -2.27. The summed E-state index contributed by atoms with van der Waals surface area (Å²) in [4.78, 5) is 37.6. The van der Waals surface area contributed by atoms with Crippen LogP contribution < -0.4 is 10.1 Å². The second-order valence-electron chi connectivity index (χ2n) is 7.26. The summed E-state index contributed by atoms with van der Waals surface area (Å²) in [6.45, 7) is 4.27. The molecule has 32 heavy (non-hydrogen) atoms. The van der Waals surface area contributed by atoms with Gasteiger partial charge in [-0.15, -0.1) is 11.3 Å². The first-order valence-electron chi connectivity index (χ1n) is 10.1. The average molecular weight is 457 g/mol. The van der Waals surface area contributed by atoms with E-state index in [0.717, 1.165) is 5.56 Å². The molecule has 1 saturated heterocycles. The van der Waals surface area contributed by atoms with E-state index in [1.165, 1.54) is 18.4 Å². The van der Waals surface area contributed by atoms with Gasteiger partial charge in [0, 0.05) is 31.5 Å². The quantitative estimate of drug-likeness (QED) is 0.608. The van der Waals surface area contributed by atoms with Crippen molar-refractivity contribution in [2.75, 3.05) is 45.8 Å². The van der Waals surface area contributed by atoms with E-state index >= 15 is 0 Å². The van der Waals surface area contributed by atoms with Crippen LogP contribution in [0.15, 0.2) is 24.3 Å². The van der Waals surface area contributed by atoms with Crippen LogP contribution in [0.4, 0.5) is 5.69 Å². The van der Waals surface area contributed by atoms with Crippen LogP contribution in [0.25, 0.3) is 10.2 Å². The Kier molecular flexibility index (Phi) is 6.63. The highest BCUT2D eigenvalue weighted by Crippen LogP contribution is 2.35. The molecule has 2 aromatic heterocycles. The van der Waals surface area contributed by atoms with Gasteiger partial charge in [0.15, 0.2) is 5.82 Å². The van der Waals surface area contributed by atoms with Gasteiger partial charge in [-0.3, -0.25) is 9.59 Å². The molecule has 2 amide bonds. The number of nitrogens with zero attached hydrogens (tertiary/aromatic N) is 3. The molecule has 1 fully saturated rings. The van der Waals surface area contributed by atoms with E-state index in [4.69, 9.17) is 14.2 Å².